The summed E-state index contributed by atoms with van der Waals surface area (Å²) < 4.78 is 1.20. The van der Waals surface area contributed by atoms with Gasteiger partial charge in [0.2, 0.25) is 5.91 Å². The van der Waals surface area contributed by atoms with E-state index in [-0.39, 0.29) is 22.3 Å². The van der Waals surface area contributed by atoms with Crippen molar-refractivity contribution >= 4 is 40.5 Å². The molecule has 0 saturated heterocycles. The number of nitrogen functional groups attached to an aromatic ring is 1. The van der Waals surface area contributed by atoms with Gasteiger partial charge in [0.05, 0.1) is 15.7 Å². The van der Waals surface area contributed by atoms with Crippen LogP contribution in [0.3, 0.4) is 0 Å². The zero-order valence-corrected chi connectivity index (χ0v) is 12.6. The van der Waals surface area contributed by atoms with Crippen LogP contribution in [0.5, 0.6) is 0 Å². The number of carbonyl (C=O) groups is 1. The summed E-state index contributed by atoms with van der Waals surface area (Å²) in [6, 6.07) is 2.95. The molecule has 1 aromatic carbocycles. The molecule has 0 aliphatic carbocycles. The van der Waals surface area contributed by atoms with Crippen molar-refractivity contribution in [2.75, 3.05) is 11.1 Å². The maximum absolute atomic E-state index is 12.0. The van der Waals surface area contributed by atoms with E-state index in [2.05, 4.69) is 10.3 Å². The van der Waals surface area contributed by atoms with Crippen molar-refractivity contribution in [1.29, 1.82) is 0 Å². The predicted octanol–water partition coefficient (Wildman–Crippen LogP) is 2.08. The van der Waals surface area contributed by atoms with Crippen molar-refractivity contribution in [2.45, 2.75) is 13.5 Å². The maximum Gasteiger partial charge on any atom is 0.347 e. The second-order valence-electron chi connectivity index (χ2n) is 4.45. The molecule has 2 rings (SSSR count). The van der Waals surface area contributed by atoms with Gasteiger partial charge in [-0.15, -0.1) is 0 Å². The minimum atomic E-state index is -0.509. The molecule has 0 atom stereocenters. The van der Waals surface area contributed by atoms with Gasteiger partial charge in [-0.25, -0.2) is 9.78 Å². The number of aromatic nitrogens is 2. The van der Waals surface area contributed by atoms with Gasteiger partial charge in [0.15, 0.2) is 0 Å². The minimum absolute atomic E-state index is 0.190. The van der Waals surface area contributed by atoms with E-state index < -0.39 is 11.6 Å². The number of amides is 1. The van der Waals surface area contributed by atoms with Crippen molar-refractivity contribution in [3.8, 4) is 0 Å². The lowest BCUT2D eigenvalue weighted by molar-refractivity contribution is -0.116. The number of nitrogens with zero attached hydrogens (tertiary/aromatic N) is 2. The molecule has 0 unspecified atom stereocenters. The lowest BCUT2D eigenvalue weighted by atomic mass is 10.2. The van der Waals surface area contributed by atoms with Crippen LogP contribution in [0, 0.1) is 6.92 Å². The van der Waals surface area contributed by atoms with Crippen LogP contribution in [0.25, 0.3) is 0 Å². The van der Waals surface area contributed by atoms with Crippen molar-refractivity contribution in [1.82, 2.24) is 9.55 Å². The molecule has 1 aromatic heterocycles. The molecule has 1 heterocycles. The van der Waals surface area contributed by atoms with E-state index in [9.17, 15) is 9.59 Å². The number of rotatable bonds is 3. The van der Waals surface area contributed by atoms with Gasteiger partial charge >= 0.3 is 5.69 Å². The fourth-order valence-electron chi connectivity index (χ4n) is 1.72. The minimum Gasteiger partial charge on any atom is -0.399 e. The number of hydrogen-bond donors (Lipinski definition) is 2. The first kappa shape index (κ1) is 15.3. The van der Waals surface area contributed by atoms with Crippen molar-refractivity contribution in [3.63, 3.8) is 0 Å². The Labute approximate surface area is 130 Å². The molecule has 1 amide bonds. The number of benzene rings is 1. The Morgan fingerprint density at radius 2 is 2.00 bits per heavy atom. The first-order valence-electron chi connectivity index (χ1n) is 5.94. The number of nitrogens with one attached hydrogen (secondary N) is 1. The third kappa shape index (κ3) is 3.74. The summed E-state index contributed by atoms with van der Waals surface area (Å²) in [5.41, 5.74) is 6.49. The molecule has 0 spiro atoms. The Kier molecular flexibility index (Phi) is 4.50. The largest absolute Gasteiger partial charge is 0.399 e. The molecule has 2 aromatic rings. The lowest BCUT2D eigenvalue weighted by Gasteiger charge is -2.11. The van der Waals surface area contributed by atoms with Gasteiger partial charge in [0, 0.05) is 18.1 Å². The first-order valence-corrected chi connectivity index (χ1v) is 6.70. The van der Waals surface area contributed by atoms with E-state index in [4.69, 9.17) is 28.9 Å². The van der Waals surface area contributed by atoms with Gasteiger partial charge in [0.25, 0.3) is 0 Å². The number of halogens is 2. The van der Waals surface area contributed by atoms with Gasteiger partial charge < -0.3 is 11.1 Å². The van der Waals surface area contributed by atoms with Gasteiger partial charge in [-0.05, 0) is 24.6 Å². The number of hydrogen-bond acceptors (Lipinski definition) is 4. The summed E-state index contributed by atoms with van der Waals surface area (Å²) >= 11 is 12.0. The molecule has 0 aliphatic heterocycles. The molecular weight excluding hydrogens is 315 g/mol. The summed E-state index contributed by atoms with van der Waals surface area (Å²) in [7, 11) is 0. The molecular formula is C13H12Cl2N4O2. The number of nitrogens with two attached hydrogens (primary N) is 1. The highest BCUT2D eigenvalue weighted by Crippen LogP contribution is 2.32. The Balaban J connectivity index is 2.19. The molecule has 6 nitrogen and oxygen atoms in total. The van der Waals surface area contributed by atoms with Crippen LogP contribution in [-0.4, -0.2) is 15.5 Å². The van der Waals surface area contributed by atoms with Crippen LogP contribution in [-0.2, 0) is 11.3 Å². The third-order valence-electron chi connectivity index (χ3n) is 2.63. The van der Waals surface area contributed by atoms with E-state index in [1.54, 1.807) is 13.1 Å². The van der Waals surface area contributed by atoms with Crippen LogP contribution in [0.15, 0.2) is 29.3 Å². The lowest BCUT2D eigenvalue weighted by Crippen LogP contribution is -2.29. The monoisotopic (exact) mass is 326 g/mol. The number of carbonyl (C=O) groups excluding carboxylic acids is 1. The van der Waals surface area contributed by atoms with E-state index in [1.807, 2.05) is 0 Å². The predicted molar refractivity (Wildman–Crippen MR) is 82.7 cm³/mol. The second kappa shape index (κ2) is 6.15. The zero-order valence-electron chi connectivity index (χ0n) is 11.1. The van der Waals surface area contributed by atoms with E-state index >= 15 is 0 Å². The Hall–Kier alpha value is -2.05. The van der Waals surface area contributed by atoms with Crippen molar-refractivity contribution < 1.29 is 4.79 Å². The number of anilines is 2. The van der Waals surface area contributed by atoms with E-state index in [0.29, 0.717) is 5.69 Å². The highest BCUT2D eigenvalue weighted by atomic mass is 35.5. The summed E-state index contributed by atoms with van der Waals surface area (Å²) in [5, 5.41) is 3.01. The van der Waals surface area contributed by atoms with Crippen LogP contribution in [0.1, 0.15) is 5.56 Å². The van der Waals surface area contributed by atoms with Gasteiger partial charge in [-0.1, -0.05) is 23.2 Å². The summed E-state index contributed by atoms with van der Waals surface area (Å²) in [6.45, 7) is 1.58. The summed E-state index contributed by atoms with van der Waals surface area (Å²) in [4.78, 5) is 27.2. The Morgan fingerprint density at radius 3 is 2.62 bits per heavy atom. The van der Waals surface area contributed by atoms with Crippen LogP contribution in [0.2, 0.25) is 10.0 Å². The fourth-order valence-corrected chi connectivity index (χ4v) is 2.32. The van der Waals surface area contributed by atoms with Crippen molar-refractivity contribution in [3.05, 3.63) is 50.6 Å². The van der Waals surface area contributed by atoms with Gasteiger partial charge in [-0.3, -0.25) is 9.36 Å². The van der Waals surface area contributed by atoms with E-state index in [0.717, 1.165) is 5.56 Å². The molecule has 0 fully saturated rings. The fraction of sp³-hybridized carbons (Fsp3) is 0.154. The Bertz CT molecular complexity index is 735. The topological polar surface area (TPSA) is 90.0 Å². The van der Waals surface area contributed by atoms with Gasteiger partial charge in [0.1, 0.15) is 6.54 Å². The Morgan fingerprint density at radius 1 is 1.38 bits per heavy atom. The summed E-state index contributed by atoms with van der Waals surface area (Å²) in [5.74, 6) is -0.446. The molecule has 0 aliphatic rings. The maximum atomic E-state index is 12.0. The molecule has 0 radical (unpaired) electrons. The molecule has 0 bridgehead atoms. The quantitative estimate of drug-likeness (QED) is 0.845. The van der Waals surface area contributed by atoms with E-state index in [1.165, 1.54) is 22.9 Å². The van der Waals surface area contributed by atoms with Crippen LogP contribution < -0.4 is 16.7 Å². The molecule has 3 N–H and O–H groups in total. The average Bonchev–Trinajstić information content (AvgIpc) is 2.38. The van der Waals surface area contributed by atoms with Crippen LogP contribution >= 0.6 is 23.2 Å². The molecule has 21 heavy (non-hydrogen) atoms. The average molecular weight is 327 g/mol. The normalized spacial score (nSPS) is 10.4. The SMILES string of the molecule is Cc1cnc(=O)n(CC(=O)Nc2c(Cl)cc(N)cc2Cl)c1. The highest BCUT2D eigenvalue weighted by Gasteiger charge is 2.12. The summed E-state index contributed by atoms with van der Waals surface area (Å²) in [6.07, 6.45) is 2.98. The smallest absolute Gasteiger partial charge is 0.347 e. The molecule has 110 valence electrons. The highest BCUT2D eigenvalue weighted by molar-refractivity contribution is 6.40. The second-order valence-corrected chi connectivity index (χ2v) is 5.26. The standard InChI is InChI=1S/C13H12Cl2N4O2/c1-7-4-17-13(21)19(5-7)6-11(20)18-12-9(14)2-8(16)3-10(12)15/h2-5H,6,16H2,1H3,(H,18,20). The number of aryl methyl sites for hydroxylation is 1. The first-order chi connectivity index (χ1) is 9.86. The molecule has 0 saturated carbocycles. The third-order valence-corrected chi connectivity index (χ3v) is 3.22. The molecule has 8 heteroatoms. The van der Waals surface area contributed by atoms with Gasteiger partial charge in [-0.2, -0.15) is 0 Å². The zero-order chi connectivity index (χ0) is 15.6. The van der Waals surface area contributed by atoms with Crippen LogP contribution in [0.4, 0.5) is 11.4 Å². The van der Waals surface area contributed by atoms with Crippen molar-refractivity contribution in [2.24, 2.45) is 0 Å².